The first-order chi connectivity index (χ1) is 10.6. The van der Waals surface area contributed by atoms with E-state index in [-0.39, 0.29) is 5.69 Å². The predicted octanol–water partition coefficient (Wildman–Crippen LogP) is 4.17. The van der Waals surface area contributed by atoms with Gasteiger partial charge in [0.2, 0.25) is 0 Å². The van der Waals surface area contributed by atoms with Crippen molar-refractivity contribution >= 4 is 17.8 Å². The summed E-state index contributed by atoms with van der Waals surface area (Å²) in [5.41, 5.74) is 1.93. The molecular formula is C17H17NO4. The Balaban J connectivity index is 2.17. The molecule has 0 amide bonds. The second-order valence-electron chi connectivity index (χ2n) is 4.53. The van der Waals surface area contributed by atoms with Crippen LogP contribution >= 0.6 is 0 Å². The van der Waals surface area contributed by atoms with Gasteiger partial charge in [-0.05, 0) is 42.3 Å². The summed E-state index contributed by atoms with van der Waals surface area (Å²) in [7, 11) is 1.60. The molecule has 0 spiro atoms. The first kappa shape index (κ1) is 15.6. The second-order valence-corrected chi connectivity index (χ2v) is 4.53. The number of ether oxygens (including phenoxy) is 2. The monoisotopic (exact) mass is 299 g/mol. The van der Waals surface area contributed by atoms with Crippen LogP contribution in [-0.2, 0) is 0 Å². The molecule has 5 nitrogen and oxygen atoms in total. The van der Waals surface area contributed by atoms with Gasteiger partial charge in [0, 0.05) is 12.1 Å². The van der Waals surface area contributed by atoms with Gasteiger partial charge in [0.05, 0.1) is 18.6 Å². The molecule has 22 heavy (non-hydrogen) atoms. The van der Waals surface area contributed by atoms with E-state index in [9.17, 15) is 10.1 Å². The Morgan fingerprint density at radius 2 is 1.68 bits per heavy atom. The van der Waals surface area contributed by atoms with Crippen LogP contribution in [0.5, 0.6) is 11.5 Å². The Kier molecular flexibility index (Phi) is 5.14. The molecule has 0 fully saturated rings. The van der Waals surface area contributed by atoms with Gasteiger partial charge in [0.15, 0.2) is 11.5 Å². The maximum absolute atomic E-state index is 10.6. The Hall–Kier alpha value is -2.82. The highest BCUT2D eigenvalue weighted by atomic mass is 16.6. The maximum atomic E-state index is 10.6. The number of benzene rings is 2. The number of nitro groups is 1. The minimum atomic E-state index is -0.412. The van der Waals surface area contributed by atoms with Gasteiger partial charge in [-0.2, -0.15) is 0 Å². The number of non-ortho nitro benzene ring substituents is 1. The van der Waals surface area contributed by atoms with E-state index in [0.717, 1.165) is 11.1 Å². The topological polar surface area (TPSA) is 61.6 Å². The van der Waals surface area contributed by atoms with E-state index in [2.05, 4.69) is 0 Å². The molecule has 0 saturated carbocycles. The van der Waals surface area contributed by atoms with Gasteiger partial charge >= 0.3 is 0 Å². The number of nitro benzene ring substituents is 1. The van der Waals surface area contributed by atoms with E-state index in [4.69, 9.17) is 9.47 Å². The quantitative estimate of drug-likeness (QED) is 0.456. The summed E-state index contributed by atoms with van der Waals surface area (Å²) in [4.78, 5) is 10.2. The van der Waals surface area contributed by atoms with Crippen LogP contribution in [0.3, 0.4) is 0 Å². The summed E-state index contributed by atoms with van der Waals surface area (Å²) in [6, 6.07) is 12.1. The number of hydrogen-bond acceptors (Lipinski definition) is 4. The standard InChI is InChI=1S/C17H17NO4/c1-3-22-16-11-8-14(12-17(16)21-2)5-4-13-6-9-15(10-7-13)18(19)20/h4-12H,3H2,1-2H3. The van der Waals surface area contributed by atoms with Crippen molar-refractivity contribution in [2.45, 2.75) is 6.92 Å². The third-order valence-corrected chi connectivity index (χ3v) is 3.06. The zero-order chi connectivity index (χ0) is 15.9. The zero-order valence-electron chi connectivity index (χ0n) is 12.5. The molecule has 2 aromatic rings. The summed E-state index contributed by atoms with van der Waals surface area (Å²) >= 11 is 0. The van der Waals surface area contributed by atoms with Gasteiger partial charge < -0.3 is 9.47 Å². The van der Waals surface area contributed by atoms with Crippen molar-refractivity contribution in [3.05, 3.63) is 63.7 Å². The minimum Gasteiger partial charge on any atom is -0.493 e. The van der Waals surface area contributed by atoms with Crippen molar-refractivity contribution in [3.63, 3.8) is 0 Å². The molecule has 0 unspecified atom stereocenters. The molecule has 0 saturated heterocycles. The lowest BCUT2D eigenvalue weighted by molar-refractivity contribution is -0.384. The molecule has 0 aliphatic heterocycles. The molecule has 114 valence electrons. The summed E-state index contributed by atoms with van der Waals surface area (Å²) in [6.45, 7) is 2.50. The smallest absolute Gasteiger partial charge is 0.269 e. The Labute approximate surface area is 129 Å². The molecule has 0 heterocycles. The SMILES string of the molecule is CCOc1ccc(C=Cc2ccc([N+](=O)[O-])cc2)cc1OC. The van der Waals surface area contributed by atoms with Crippen molar-refractivity contribution in [1.29, 1.82) is 0 Å². The molecular weight excluding hydrogens is 282 g/mol. The van der Waals surface area contributed by atoms with Crippen LogP contribution in [0.1, 0.15) is 18.1 Å². The van der Waals surface area contributed by atoms with Crippen molar-refractivity contribution in [1.82, 2.24) is 0 Å². The lowest BCUT2D eigenvalue weighted by Crippen LogP contribution is -1.95. The largest absolute Gasteiger partial charge is 0.493 e. The van der Waals surface area contributed by atoms with E-state index in [1.807, 2.05) is 37.3 Å². The molecule has 0 atom stereocenters. The average Bonchev–Trinajstić information content (AvgIpc) is 2.54. The lowest BCUT2D eigenvalue weighted by atomic mass is 10.1. The lowest BCUT2D eigenvalue weighted by Gasteiger charge is -2.09. The van der Waals surface area contributed by atoms with Gasteiger partial charge in [-0.25, -0.2) is 0 Å². The summed E-state index contributed by atoms with van der Waals surface area (Å²) in [6.07, 6.45) is 3.80. The normalized spacial score (nSPS) is 10.6. The fraction of sp³-hybridized carbons (Fsp3) is 0.176. The third kappa shape index (κ3) is 3.85. The van der Waals surface area contributed by atoms with Crippen LogP contribution in [0.4, 0.5) is 5.69 Å². The predicted molar refractivity (Wildman–Crippen MR) is 86.2 cm³/mol. The molecule has 0 radical (unpaired) electrons. The molecule has 0 aliphatic carbocycles. The summed E-state index contributed by atoms with van der Waals surface area (Å²) in [5, 5.41) is 10.6. The zero-order valence-corrected chi connectivity index (χ0v) is 12.5. The summed E-state index contributed by atoms with van der Waals surface area (Å²) < 4.78 is 10.8. The van der Waals surface area contributed by atoms with Crippen LogP contribution in [0.15, 0.2) is 42.5 Å². The van der Waals surface area contributed by atoms with Gasteiger partial charge in [-0.1, -0.05) is 18.2 Å². The number of hydrogen-bond donors (Lipinski definition) is 0. The summed E-state index contributed by atoms with van der Waals surface area (Å²) in [5.74, 6) is 1.38. The minimum absolute atomic E-state index is 0.0832. The maximum Gasteiger partial charge on any atom is 0.269 e. The van der Waals surface area contributed by atoms with E-state index >= 15 is 0 Å². The van der Waals surface area contributed by atoms with E-state index in [1.54, 1.807) is 19.2 Å². The van der Waals surface area contributed by atoms with Crippen LogP contribution in [0.2, 0.25) is 0 Å². The highest BCUT2D eigenvalue weighted by molar-refractivity contribution is 5.71. The fourth-order valence-electron chi connectivity index (χ4n) is 1.96. The van der Waals surface area contributed by atoms with Crippen molar-refractivity contribution in [2.24, 2.45) is 0 Å². The average molecular weight is 299 g/mol. The molecule has 2 rings (SSSR count). The van der Waals surface area contributed by atoms with Gasteiger partial charge in [-0.3, -0.25) is 10.1 Å². The number of nitrogens with zero attached hydrogens (tertiary/aromatic N) is 1. The molecule has 2 aromatic carbocycles. The van der Waals surface area contributed by atoms with Gasteiger partial charge in [0.1, 0.15) is 0 Å². The van der Waals surface area contributed by atoms with E-state index < -0.39 is 4.92 Å². The van der Waals surface area contributed by atoms with Crippen LogP contribution in [-0.4, -0.2) is 18.6 Å². The van der Waals surface area contributed by atoms with Crippen molar-refractivity contribution in [3.8, 4) is 11.5 Å². The van der Waals surface area contributed by atoms with E-state index in [0.29, 0.717) is 18.1 Å². The van der Waals surface area contributed by atoms with Crippen LogP contribution in [0, 0.1) is 10.1 Å². The Bertz CT molecular complexity index is 678. The second kappa shape index (κ2) is 7.26. The van der Waals surface area contributed by atoms with Crippen molar-refractivity contribution in [2.75, 3.05) is 13.7 Å². The van der Waals surface area contributed by atoms with Crippen molar-refractivity contribution < 1.29 is 14.4 Å². The Morgan fingerprint density at radius 1 is 1.05 bits per heavy atom. The number of rotatable bonds is 6. The van der Waals surface area contributed by atoms with E-state index in [1.165, 1.54) is 12.1 Å². The van der Waals surface area contributed by atoms with Crippen LogP contribution < -0.4 is 9.47 Å². The molecule has 0 aromatic heterocycles. The van der Waals surface area contributed by atoms with Crippen LogP contribution in [0.25, 0.3) is 12.2 Å². The molecule has 0 aliphatic rings. The Morgan fingerprint density at radius 3 is 2.27 bits per heavy atom. The molecule has 0 N–H and O–H groups in total. The van der Waals surface area contributed by atoms with Gasteiger partial charge in [0.25, 0.3) is 5.69 Å². The first-order valence-electron chi connectivity index (χ1n) is 6.87. The molecule has 0 bridgehead atoms. The third-order valence-electron chi connectivity index (χ3n) is 3.06. The highest BCUT2D eigenvalue weighted by Gasteiger charge is 2.04. The number of methoxy groups -OCH3 is 1. The first-order valence-corrected chi connectivity index (χ1v) is 6.87. The molecule has 5 heteroatoms. The van der Waals surface area contributed by atoms with Gasteiger partial charge in [-0.15, -0.1) is 0 Å². The fourth-order valence-corrected chi connectivity index (χ4v) is 1.96. The highest BCUT2D eigenvalue weighted by Crippen LogP contribution is 2.28.